The van der Waals surface area contributed by atoms with E-state index in [9.17, 15) is 20.2 Å². The van der Waals surface area contributed by atoms with Crippen LogP contribution in [0.2, 0.25) is 0 Å². The molecular formula is C6H12N2O4. The van der Waals surface area contributed by atoms with Gasteiger partial charge in [0.25, 0.3) is 0 Å². The number of nitro groups is 2. The topological polar surface area (TPSA) is 86.3 Å². The summed E-state index contributed by atoms with van der Waals surface area (Å²) >= 11 is 0. The molecule has 0 fully saturated rings. The smallest absolute Gasteiger partial charge is 0.223 e. The molecule has 0 aliphatic heterocycles. The van der Waals surface area contributed by atoms with Crippen LogP contribution in [0, 0.1) is 20.2 Å². The van der Waals surface area contributed by atoms with Crippen LogP contribution in [-0.2, 0) is 0 Å². The third-order valence-electron chi connectivity index (χ3n) is 1.65. The summed E-state index contributed by atoms with van der Waals surface area (Å²) in [6.07, 6.45) is -0.0486. The molecular weight excluding hydrogens is 164 g/mol. The molecule has 0 bridgehead atoms. The summed E-state index contributed by atoms with van der Waals surface area (Å²) in [5, 5.41) is 20.5. The molecule has 12 heavy (non-hydrogen) atoms. The van der Waals surface area contributed by atoms with Crippen LogP contribution in [-0.4, -0.2) is 21.4 Å². The van der Waals surface area contributed by atoms with Crippen LogP contribution in [0.5, 0.6) is 0 Å². The molecule has 0 radical (unpaired) electrons. The average molecular weight is 176 g/mol. The van der Waals surface area contributed by atoms with Crippen molar-refractivity contribution in [2.45, 2.75) is 38.8 Å². The number of hydrogen-bond acceptors (Lipinski definition) is 4. The van der Waals surface area contributed by atoms with Gasteiger partial charge in [-0.25, -0.2) is 0 Å². The Morgan fingerprint density at radius 3 is 2.00 bits per heavy atom. The van der Waals surface area contributed by atoms with Gasteiger partial charge in [0.05, 0.1) is 6.42 Å². The molecule has 0 aromatic rings. The highest BCUT2D eigenvalue weighted by atomic mass is 16.6. The van der Waals surface area contributed by atoms with Crippen LogP contribution >= 0.6 is 0 Å². The Hall–Kier alpha value is -1.20. The van der Waals surface area contributed by atoms with E-state index in [1.807, 2.05) is 0 Å². The number of hydrogen-bond donors (Lipinski definition) is 0. The molecule has 0 rings (SSSR count). The van der Waals surface area contributed by atoms with Gasteiger partial charge in [-0.15, -0.1) is 0 Å². The second-order valence-electron chi connectivity index (χ2n) is 3.41. The maximum atomic E-state index is 10.4. The first-order chi connectivity index (χ1) is 5.27. The van der Waals surface area contributed by atoms with E-state index in [1.54, 1.807) is 0 Å². The van der Waals surface area contributed by atoms with E-state index in [-0.39, 0.29) is 6.42 Å². The maximum Gasteiger partial charge on any atom is 0.223 e. The van der Waals surface area contributed by atoms with Gasteiger partial charge in [0.15, 0.2) is 0 Å². The fraction of sp³-hybridized carbons (Fsp3) is 1.00. The molecule has 0 heterocycles. The van der Waals surface area contributed by atoms with Crippen molar-refractivity contribution in [2.75, 3.05) is 0 Å². The van der Waals surface area contributed by atoms with Gasteiger partial charge in [-0.1, -0.05) is 0 Å². The third-order valence-corrected chi connectivity index (χ3v) is 1.65. The summed E-state index contributed by atoms with van der Waals surface area (Å²) in [4.78, 5) is 19.5. The first-order valence-electron chi connectivity index (χ1n) is 3.55. The van der Waals surface area contributed by atoms with E-state index in [1.165, 1.54) is 20.8 Å². The summed E-state index contributed by atoms with van der Waals surface area (Å²) in [6, 6.07) is -0.870. The molecule has 0 aliphatic carbocycles. The largest absolute Gasteiger partial charge is 0.264 e. The van der Waals surface area contributed by atoms with E-state index >= 15 is 0 Å². The van der Waals surface area contributed by atoms with E-state index in [2.05, 4.69) is 0 Å². The third kappa shape index (κ3) is 2.81. The van der Waals surface area contributed by atoms with Gasteiger partial charge in [-0.2, -0.15) is 0 Å². The van der Waals surface area contributed by atoms with Gasteiger partial charge < -0.3 is 0 Å². The Kier molecular flexibility index (Phi) is 3.12. The van der Waals surface area contributed by atoms with E-state index in [0.717, 1.165) is 0 Å². The summed E-state index contributed by atoms with van der Waals surface area (Å²) in [7, 11) is 0. The van der Waals surface area contributed by atoms with Crippen molar-refractivity contribution in [1.29, 1.82) is 0 Å². The normalized spacial score (nSPS) is 13.9. The lowest BCUT2D eigenvalue weighted by Crippen LogP contribution is -2.36. The van der Waals surface area contributed by atoms with Crippen molar-refractivity contribution in [3.8, 4) is 0 Å². The highest BCUT2D eigenvalue weighted by Crippen LogP contribution is 2.16. The Morgan fingerprint density at radius 2 is 1.75 bits per heavy atom. The van der Waals surface area contributed by atoms with Gasteiger partial charge in [-0.05, 0) is 0 Å². The molecule has 0 saturated carbocycles. The molecule has 70 valence electrons. The molecule has 0 saturated heterocycles. The second kappa shape index (κ2) is 3.46. The zero-order chi connectivity index (χ0) is 9.94. The zero-order valence-electron chi connectivity index (χ0n) is 7.31. The monoisotopic (exact) mass is 176 g/mol. The highest BCUT2D eigenvalue weighted by Gasteiger charge is 2.36. The predicted octanol–water partition coefficient (Wildman–Crippen LogP) is 1.10. The Bertz CT molecular complexity index is 202. The average Bonchev–Trinajstić information content (AvgIpc) is 1.85. The van der Waals surface area contributed by atoms with Crippen molar-refractivity contribution in [3.63, 3.8) is 0 Å². The van der Waals surface area contributed by atoms with Crippen molar-refractivity contribution < 1.29 is 9.85 Å². The van der Waals surface area contributed by atoms with E-state index < -0.39 is 21.4 Å². The van der Waals surface area contributed by atoms with Crippen molar-refractivity contribution in [2.24, 2.45) is 0 Å². The minimum absolute atomic E-state index is 0.0486. The molecule has 0 N–H and O–H groups in total. The van der Waals surface area contributed by atoms with Crippen LogP contribution in [0.15, 0.2) is 0 Å². The number of nitrogens with zero attached hydrogens (tertiary/aromatic N) is 2. The molecule has 0 amide bonds. The Balaban J connectivity index is 4.24. The SMILES string of the molecule is CC(CC(C)(C)[N+](=O)[O-])[N+](=O)[O-]. The molecule has 0 aliphatic rings. The van der Waals surface area contributed by atoms with Gasteiger partial charge in [0.2, 0.25) is 11.6 Å². The summed E-state index contributed by atoms with van der Waals surface area (Å²) in [6.45, 7) is 4.13. The molecule has 1 unspecified atom stereocenters. The summed E-state index contributed by atoms with van der Waals surface area (Å²) in [5.41, 5.74) is -1.22. The lowest BCUT2D eigenvalue weighted by Gasteiger charge is -2.15. The van der Waals surface area contributed by atoms with Crippen LogP contribution in [0.25, 0.3) is 0 Å². The molecule has 6 nitrogen and oxygen atoms in total. The van der Waals surface area contributed by atoms with Crippen LogP contribution in [0.3, 0.4) is 0 Å². The quantitative estimate of drug-likeness (QED) is 0.474. The van der Waals surface area contributed by atoms with Crippen LogP contribution < -0.4 is 0 Å². The predicted molar refractivity (Wildman–Crippen MR) is 42.1 cm³/mol. The number of rotatable bonds is 4. The minimum Gasteiger partial charge on any atom is -0.264 e. The van der Waals surface area contributed by atoms with Gasteiger partial charge in [-0.3, -0.25) is 20.2 Å². The molecule has 0 aromatic heterocycles. The van der Waals surface area contributed by atoms with E-state index in [4.69, 9.17) is 0 Å². The van der Waals surface area contributed by atoms with E-state index in [0.29, 0.717) is 0 Å². The zero-order valence-corrected chi connectivity index (χ0v) is 7.31. The Morgan fingerprint density at radius 1 is 1.33 bits per heavy atom. The van der Waals surface area contributed by atoms with Crippen LogP contribution in [0.1, 0.15) is 27.2 Å². The fourth-order valence-corrected chi connectivity index (χ4v) is 0.872. The fourth-order valence-electron chi connectivity index (χ4n) is 0.872. The first-order valence-corrected chi connectivity index (χ1v) is 3.55. The Labute approximate surface area is 69.9 Å². The van der Waals surface area contributed by atoms with Crippen LogP contribution in [0.4, 0.5) is 0 Å². The second-order valence-corrected chi connectivity index (χ2v) is 3.41. The lowest BCUT2D eigenvalue weighted by molar-refractivity contribution is -0.584. The molecule has 1 atom stereocenters. The highest BCUT2D eigenvalue weighted by molar-refractivity contribution is 4.69. The van der Waals surface area contributed by atoms with Gasteiger partial charge in [0, 0.05) is 30.6 Å². The summed E-state index contributed by atoms with van der Waals surface area (Å²) < 4.78 is 0. The maximum absolute atomic E-state index is 10.4. The first kappa shape index (κ1) is 10.8. The van der Waals surface area contributed by atoms with Crippen molar-refractivity contribution >= 4 is 0 Å². The minimum atomic E-state index is -1.22. The standard InChI is InChI=1S/C6H12N2O4/c1-5(7(9)10)4-6(2,3)8(11)12/h5H,4H2,1-3H3. The van der Waals surface area contributed by atoms with Gasteiger partial charge in [0.1, 0.15) is 0 Å². The summed E-state index contributed by atoms with van der Waals surface area (Å²) in [5.74, 6) is 0. The lowest BCUT2D eigenvalue weighted by atomic mass is 9.97. The molecule has 6 heteroatoms. The van der Waals surface area contributed by atoms with Crippen molar-refractivity contribution in [1.82, 2.24) is 0 Å². The van der Waals surface area contributed by atoms with Gasteiger partial charge >= 0.3 is 0 Å². The molecule has 0 aromatic carbocycles. The molecule has 0 spiro atoms. The van der Waals surface area contributed by atoms with Crippen molar-refractivity contribution in [3.05, 3.63) is 20.2 Å².